The van der Waals surface area contributed by atoms with Gasteiger partial charge >= 0.3 is 0 Å². The monoisotopic (exact) mass is 311 g/mol. The fourth-order valence-electron chi connectivity index (χ4n) is 2.21. The number of nitrogens with one attached hydrogen (secondary N) is 2. The number of carbonyl (C=O) groups excluding carboxylic acids is 1. The van der Waals surface area contributed by atoms with Crippen LogP contribution in [0, 0.1) is 5.82 Å². The Morgan fingerprint density at radius 2 is 2.22 bits per heavy atom. The van der Waals surface area contributed by atoms with Gasteiger partial charge in [-0.05, 0) is 29.8 Å². The Morgan fingerprint density at radius 3 is 3.00 bits per heavy atom. The van der Waals surface area contributed by atoms with Gasteiger partial charge in [-0.1, -0.05) is 18.2 Å². The molecule has 0 radical (unpaired) electrons. The van der Waals surface area contributed by atoms with Crippen molar-refractivity contribution in [3.63, 3.8) is 0 Å². The molecule has 2 N–H and O–H groups in total. The van der Waals surface area contributed by atoms with Crippen LogP contribution in [-0.2, 0) is 4.79 Å². The summed E-state index contributed by atoms with van der Waals surface area (Å²) in [6.45, 7) is 0. The lowest BCUT2D eigenvalue weighted by molar-refractivity contribution is -0.111. The number of aromatic amines is 1. The van der Waals surface area contributed by atoms with Crippen LogP contribution in [0.15, 0.2) is 48.7 Å². The van der Waals surface area contributed by atoms with E-state index in [1.807, 2.05) is 12.1 Å². The van der Waals surface area contributed by atoms with Crippen molar-refractivity contribution < 1.29 is 13.9 Å². The topological polar surface area (TPSA) is 67.0 Å². The van der Waals surface area contributed by atoms with E-state index in [0.29, 0.717) is 11.3 Å². The van der Waals surface area contributed by atoms with Crippen LogP contribution < -0.4 is 10.1 Å². The van der Waals surface area contributed by atoms with Gasteiger partial charge in [0.2, 0.25) is 5.91 Å². The number of aromatic nitrogens is 2. The van der Waals surface area contributed by atoms with E-state index >= 15 is 0 Å². The van der Waals surface area contributed by atoms with Crippen molar-refractivity contribution in [2.24, 2.45) is 0 Å². The van der Waals surface area contributed by atoms with Gasteiger partial charge in [0.25, 0.3) is 0 Å². The van der Waals surface area contributed by atoms with Crippen molar-refractivity contribution in [3.8, 4) is 5.75 Å². The number of hydrogen-bond acceptors (Lipinski definition) is 3. The molecule has 3 rings (SSSR count). The van der Waals surface area contributed by atoms with Crippen LogP contribution >= 0.6 is 0 Å². The molecule has 0 fully saturated rings. The van der Waals surface area contributed by atoms with Crippen molar-refractivity contribution in [1.82, 2.24) is 10.2 Å². The number of hydrogen-bond donors (Lipinski definition) is 2. The third-order valence-corrected chi connectivity index (χ3v) is 3.34. The van der Waals surface area contributed by atoms with Crippen molar-refractivity contribution in [2.45, 2.75) is 0 Å². The molecule has 0 aliphatic heterocycles. The quantitative estimate of drug-likeness (QED) is 0.726. The third kappa shape index (κ3) is 3.21. The maximum absolute atomic E-state index is 13.6. The van der Waals surface area contributed by atoms with E-state index in [1.165, 1.54) is 31.4 Å². The number of para-hydroxylation sites is 1. The van der Waals surface area contributed by atoms with E-state index in [9.17, 15) is 9.18 Å². The van der Waals surface area contributed by atoms with Gasteiger partial charge in [-0.2, -0.15) is 5.10 Å². The first-order valence-corrected chi connectivity index (χ1v) is 6.92. The van der Waals surface area contributed by atoms with Crippen LogP contribution in [0.2, 0.25) is 0 Å². The smallest absolute Gasteiger partial charge is 0.248 e. The van der Waals surface area contributed by atoms with Gasteiger partial charge in [0.15, 0.2) is 11.6 Å². The lowest BCUT2D eigenvalue weighted by Crippen LogP contribution is -2.08. The minimum atomic E-state index is -0.475. The first-order valence-electron chi connectivity index (χ1n) is 6.92. The second-order valence-corrected chi connectivity index (χ2v) is 4.86. The van der Waals surface area contributed by atoms with E-state index in [-0.39, 0.29) is 11.7 Å². The molecular weight excluding hydrogens is 297 g/mol. The molecule has 0 saturated heterocycles. The molecule has 5 nitrogen and oxygen atoms in total. The summed E-state index contributed by atoms with van der Waals surface area (Å²) in [4.78, 5) is 12.0. The lowest BCUT2D eigenvalue weighted by atomic mass is 10.2. The standard InChI is InChI=1S/C17H14FN3O2/c1-23-15-7-5-11(9-13(15)18)6-8-16(22)20-14-4-2-3-12-10-19-21-17(12)14/h2-10H,1H3,(H,19,21)(H,20,22)/b8-6+. The second-order valence-electron chi connectivity index (χ2n) is 4.86. The van der Waals surface area contributed by atoms with E-state index in [0.717, 1.165) is 10.9 Å². The Kier molecular flexibility index (Phi) is 4.05. The number of fused-ring (bicyclic) bond motifs is 1. The van der Waals surface area contributed by atoms with Gasteiger partial charge in [0, 0.05) is 11.5 Å². The molecule has 6 heteroatoms. The van der Waals surface area contributed by atoms with Gasteiger partial charge in [0.05, 0.1) is 24.5 Å². The zero-order valence-electron chi connectivity index (χ0n) is 12.3. The Labute approximate surface area is 131 Å². The van der Waals surface area contributed by atoms with Gasteiger partial charge in [-0.15, -0.1) is 0 Å². The summed E-state index contributed by atoms with van der Waals surface area (Å²) >= 11 is 0. The third-order valence-electron chi connectivity index (χ3n) is 3.34. The van der Waals surface area contributed by atoms with Gasteiger partial charge in [-0.3, -0.25) is 9.89 Å². The van der Waals surface area contributed by atoms with Gasteiger partial charge < -0.3 is 10.1 Å². The first-order chi connectivity index (χ1) is 11.2. The van der Waals surface area contributed by atoms with Crippen LogP contribution in [0.3, 0.4) is 0 Å². The van der Waals surface area contributed by atoms with Gasteiger partial charge in [-0.25, -0.2) is 4.39 Å². The summed E-state index contributed by atoms with van der Waals surface area (Å²) in [6, 6.07) is 9.98. The number of benzene rings is 2. The summed E-state index contributed by atoms with van der Waals surface area (Å²) in [5.74, 6) is -0.627. The number of rotatable bonds is 4. The number of H-pyrrole nitrogens is 1. The highest BCUT2D eigenvalue weighted by molar-refractivity contribution is 6.06. The summed E-state index contributed by atoms with van der Waals surface area (Å²) in [5, 5.41) is 10.4. The number of nitrogens with zero attached hydrogens (tertiary/aromatic N) is 1. The minimum Gasteiger partial charge on any atom is -0.494 e. The number of methoxy groups -OCH3 is 1. The second kappa shape index (κ2) is 6.31. The van der Waals surface area contributed by atoms with E-state index in [4.69, 9.17) is 4.74 Å². The summed E-state index contributed by atoms with van der Waals surface area (Å²) in [7, 11) is 1.40. The molecule has 116 valence electrons. The highest BCUT2D eigenvalue weighted by Gasteiger charge is 2.05. The molecule has 0 spiro atoms. The Morgan fingerprint density at radius 1 is 1.35 bits per heavy atom. The largest absolute Gasteiger partial charge is 0.494 e. The molecular formula is C17H14FN3O2. The number of carbonyl (C=O) groups is 1. The SMILES string of the molecule is COc1ccc(/C=C/C(=O)Nc2cccc3cn[nH]c23)cc1F. The summed E-state index contributed by atoms with van der Waals surface area (Å²) in [6.07, 6.45) is 4.56. The van der Waals surface area contributed by atoms with Crippen molar-refractivity contribution in [3.05, 3.63) is 60.1 Å². The fraction of sp³-hybridized carbons (Fsp3) is 0.0588. The molecule has 23 heavy (non-hydrogen) atoms. The van der Waals surface area contributed by atoms with Crippen LogP contribution in [0.5, 0.6) is 5.75 Å². The number of ether oxygens (including phenoxy) is 1. The molecule has 1 heterocycles. The number of halogens is 1. The zero-order valence-corrected chi connectivity index (χ0v) is 12.3. The molecule has 3 aromatic rings. The lowest BCUT2D eigenvalue weighted by Gasteiger charge is -2.04. The van der Waals surface area contributed by atoms with E-state index < -0.39 is 5.82 Å². The summed E-state index contributed by atoms with van der Waals surface area (Å²) in [5.41, 5.74) is 1.96. The highest BCUT2D eigenvalue weighted by Crippen LogP contribution is 2.21. The predicted octanol–water partition coefficient (Wildman–Crippen LogP) is 3.36. The minimum absolute atomic E-state index is 0.164. The predicted molar refractivity (Wildman–Crippen MR) is 86.7 cm³/mol. The van der Waals surface area contributed by atoms with E-state index in [1.54, 1.807) is 18.3 Å². The average molecular weight is 311 g/mol. The molecule has 1 amide bonds. The normalized spacial score (nSPS) is 11.0. The van der Waals surface area contributed by atoms with Crippen LogP contribution in [0.4, 0.5) is 10.1 Å². The first kappa shape index (κ1) is 14.8. The maximum atomic E-state index is 13.6. The molecule has 0 atom stereocenters. The van der Waals surface area contributed by atoms with Crippen LogP contribution in [-0.4, -0.2) is 23.2 Å². The van der Waals surface area contributed by atoms with Crippen molar-refractivity contribution in [2.75, 3.05) is 12.4 Å². The van der Waals surface area contributed by atoms with Gasteiger partial charge in [0.1, 0.15) is 0 Å². The van der Waals surface area contributed by atoms with E-state index in [2.05, 4.69) is 15.5 Å². The molecule has 1 aromatic heterocycles. The van der Waals surface area contributed by atoms with Crippen LogP contribution in [0.25, 0.3) is 17.0 Å². The number of amides is 1. The van der Waals surface area contributed by atoms with Crippen molar-refractivity contribution in [1.29, 1.82) is 0 Å². The fourth-order valence-corrected chi connectivity index (χ4v) is 2.21. The van der Waals surface area contributed by atoms with Crippen LogP contribution in [0.1, 0.15) is 5.56 Å². The molecule has 2 aromatic carbocycles. The Bertz CT molecular complexity index is 886. The maximum Gasteiger partial charge on any atom is 0.248 e. The molecule has 0 aliphatic carbocycles. The molecule has 0 unspecified atom stereocenters. The Hall–Kier alpha value is -3.15. The average Bonchev–Trinajstić information content (AvgIpc) is 3.03. The van der Waals surface area contributed by atoms with Crippen molar-refractivity contribution >= 4 is 28.6 Å². The zero-order chi connectivity index (χ0) is 16.2. The molecule has 0 bridgehead atoms. The molecule has 0 saturated carbocycles. The Balaban J connectivity index is 1.74. The molecule has 0 aliphatic rings. The number of anilines is 1. The summed E-state index contributed by atoms with van der Waals surface area (Å²) < 4.78 is 18.4. The highest BCUT2D eigenvalue weighted by atomic mass is 19.1.